The zero-order chi connectivity index (χ0) is 19.6. The molecule has 6 nitrogen and oxygen atoms in total. The summed E-state index contributed by atoms with van der Waals surface area (Å²) in [6, 6.07) is 0.423. The molecule has 0 aliphatic carbocycles. The van der Waals surface area contributed by atoms with Crippen LogP contribution in [0.5, 0.6) is 0 Å². The molecule has 0 spiro atoms. The SMILES string of the molecule is CN=C(NCCCCN1CCC(C(N)=O)CC1)NC(C)CCC(C)(C)C.I. The van der Waals surface area contributed by atoms with Crippen LogP contribution in [0.1, 0.15) is 66.2 Å². The van der Waals surface area contributed by atoms with E-state index >= 15 is 0 Å². The van der Waals surface area contributed by atoms with Crippen LogP contribution in [0, 0.1) is 11.3 Å². The minimum Gasteiger partial charge on any atom is -0.369 e. The summed E-state index contributed by atoms with van der Waals surface area (Å²) in [4.78, 5) is 18.0. The van der Waals surface area contributed by atoms with Crippen molar-refractivity contribution in [3.63, 3.8) is 0 Å². The molecule has 1 fully saturated rings. The number of piperidine rings is 1. The van der Waals surface area contributed by atoms with Crippen LogP contribution in [0.15, 0.2) is 4.99 Å². The number of nitrogens with two attached hydrogens (primary N) is 1. The maximum atomic E-state index is 11.2. The summed E-state index contributed by atoms with van der Waals surface area (Å²) >= 11 is 0. The molecule has 1 rings (SSSR count). The Morgan fingerprint density at radius 1 is 1.26 bits per heavy atom. The summed E-state index contributed by atoms with van der Waals surface area (Å²) in [5, 5.41) is 6.90. The van der Waals surface area contributed by atoms with Crippen molar-refractivity contribution in [1.29, 1.82) is 0 Å². The summed E-state index contributed by atoms with van der Waals surface area (Å²) in [7, 11) is 1.83. The molecule has 1 aliphatic rings. The number of rotatable bonds is 9. The third kappa shape index (κ3) is 12.5. The fourth-order valence-corrected chi connectivity index (χ4v) is 3.26. The van der Waals surface area contributed by atoms with Crippen molar-refractivity contribution in [3.05, 3.63) is 0 Å². The lowest BCUT2D eigenvalue weighted by molar-refractivity contribution is -0.123. The highest BCUT2D eigenvalue weighted by molar-refractivity contribution is 14.0. The van der Waals surface area contributed by atoms with Gasteiger partial charge in [-0.25, -0.2) is 0 Å². The van der Waals surface area contributed by atoms with E-state index in [1.165, 1.54) is 6.42 Å². The smallest absolute Gasteiger partial charge is 0.220 e. The number of primary amides is 1. The minimum absolute atomic E-state index is 0. The van der Waals surface area contributed by atoms with Gasteiger partial charge in [0.15, 0.2) is 5.96 Å². The van der Waals surface area contributed by atoms with Crippen LogP contribution in [0.4, 0.5) is 0 Å². The Balaban J connectivity index is 0.00000676. The van der Waals surface area contributed by atoms with E-state index in [1.807, 2.05) is 7.05 Å². The molecule has 0 bridgehead atoms. The first kappa shape index (κ1) is 26.4. The molecular weight excluding hydrogens is 453 g/mol. The van der Waals surface area contributed by atoms with Crippen molar-refractivity contribution in [3.8, 4) is 0 Å². The number of carbonyl (C=O) groups is 1. The number of nitrogens with one attached hydrogen (secondary N) is 2. The molecule has 160 valence electrons. The topological polar surface area (TPSA) is 82.8 Å². The Labute approximate surface area is 183 Å². The molecule has 4 N–H and O–H groups in total. The average molecular weight is 495 g/mol. The molecule has 1 unspecified atom stereocenters. The maximum Gasteiger partial charge on any atom is 0.220 e. The van der Waals surface area contributed by atoms with Gasteiger partial charge in [-0.1, -0.05) is 20.8 Å². The van der Waals surface area contributed by atoms with E-state index in [2.05, 4.69) is 48.2 Å². The van der Waals surface area contributed by atoms with E-state index in [1.54, 1.807) is 0 Å². The largest absolute Gasteiger partial charge is 0.369 e. The van der Waals surface area contributed by atoms with Gasteiger partial charge in [-0.05, 0) is 70.5 Å². The molecular formula is C20H42IN5O. The summed E-state index contributed by atoms with van der Waals surface area (Å²) < 4.78 is 0. The van der Waals surface area contributed by atoms with E-state index in [9.17, 15) is 4.79 Å². The van der Waals surface area contributed by atoms with Crippen LogP contribution in [0.3, 0.4) is 0 Å². The Kier molecular flexibility index (Phi) is 13.3. The predicted molar refractivity (Wildman–Crippen MR) is 126 cm³/mol. The van der Waals surface area contributed by atoms with Gasteiger partial charge < -0.3 is 21.3 Å². The van der Waals surface area contributed by atoms with Crippen molar-refractivity contribution in [1.82, 2.24) is 15.5 Å². The minimum atomic E-state index is -0.135. The lowest BCUT2D eigenvalue weighted by Crippen LogP contribution is -2.43. The van der Waals surface area contributed by atoms with Crippen LogP contribution in [0.2, 0.25) is 0 Å². The third-order valence-electron chi connectivity index (χ3n) is 5.12. The van der Waals surface area contributed by atoms with Gasteiger partial charge in [0.2, 0.25) is 5.91 Å². The fraction of sp³-hybridized carbons (Fsp3) is 0.900. The Hall–Kier alpha value is -0.570. The molecule has 1 heterocycles. The molecule has 7 heteroatoms. The van der Waals surface area contributed by atoms with E-state index in [0.29, 0.717) is 11.5 Å². The fourth-order valence-electron chi connectivity index (χ4n) is 3.26. The van der Waals surface area contributed by atoms with Crippen molar-refractivity contribution >= 4 is 35.8 Å². The highest BCUT2D eigenvalue weighted by atomic mass is 127. The highest BCUT2D eigenvalue weighted by Crippen LogP contribution is 2.21. The number of amides is 1. The van der Waals surface area contributed by atoms with Crippen LogP contribution in [-0.2, 0) is 4.79 Å². The Morgan fingerprint density at radius 2 is 1.89 bits per heavy atom. The lowest BCUT2D eigenvalue weighted by atomic mass is 9.89. The second kappa shape index (κ2) is 13.6. The molecule has 0 aromatic heterocycles. The van der Waals surface area contributed by atoms with Crippen LogP contribution < -0.4 is 16.4 Å². The number of guanidine groups is 1. The molecule has 0 aromatic carbocycles. The van der Waals surface area contributed by atoms with Crippen molar-refractivity contribution in [2.75, 3.05) is 33.2 Å². The molecule has 1 aliphatic heterocycles. The molecule has 0 radical (unpaired) electrons. The third-order valence-corrected chi connectivity index (χ3v) is 5.12. The molecule has 1 atom stereocenters. The maximum absolute atomic E-state index is 11.2. The normalized spacial score (nSPS) is 17.9. The second-order valence-corrected chi connectivity index (χ2v) is 8.87. The van der Waals surface area contributed by atoms with E-state index in [4.69, 9.17) is 5.73 Å². The summed E-state index contributed by atoms with van der Waals surface area (Å²) in [5.41, 5.74) is 5.76. The quantitative estimate of drug-likeness (QED) is 0.199. The standard InChI is InChI=1S/C20H41N5O.HI/c1-16(8-11-20(2,3)4)24-19(22-5)23-12-6-7-13-25-14-9-17(10-15-25)18(21)26;/h16-17H,6-15H2,1-5H3,(H2,21,26)(H2,22,23,24);1H. The summed E-state index contributed by atoms with van der Waals surface area (Å²) in [5.74, 6) is 0.848. The van der Waals surface area contributed by atoms with E-state index < -0.39 is 0 Å². The number of carbonyl (C=O) groups excluding carboxylic acids is 1. The van der Waals surface area contributed by atoms with E-state index in [-0.39, 0.29) is 35.8 Å². The summed E-state index contributed by atoms with van der Waals surface area (Å²) in [6.07, 6.45) is 6.45. The van der Waals surface area contributed by atoms with Gasteiger partial charge >= 0.3 is 0 Å². The van der Waals surface area contributed by atoms with Gasteiger partial charge in [0, 0.05) is 25.6 Å². The Morgan fingerprint density at radius 3 is 2.41 bits per heavy atom. The van der Waals surface area contributed by atoms with E-state index in [0.717, 1.165) is 64.2 Å². The Bertz CT molecular complexity index is 442. The predicted octanol–water partition coefficient (Wildman–Crippen LogP) is 2.96. The zero-order valence-electron chi connectivity index (χ0n) is 18.0. The first-order valence-electron chi connectivity index (χ1n) is 10.2. The number of nitrogens with zero attached hydrogens (tertiary/aromatic N) is 2. The molecule has 0 aromatic rings. The number of likely N-dealkylation sites (tertiary alicyclic amines) is 1. The van der Waals surface area contributed by atoms with Gasteiger partial charge in [0.25, 0.3) is 0 Å². The van der Waals surface area contributed by atoms with Gasteiger partial charge in [-0.3, -0.25) is 9.79 Å². The molecule has 1 amide bonds. The van der Waals surface area contributed by atoms with Crippen molar-refractivity contribution < 1.29 is 4.79 Å². The zero-order valence-corrected chi connectivity index (χ0v) is 20.3. The first-order valence-corrected chi connectivity index (χ1v) is 10.2. The number of aliphatic imine (C=N–C) groups is 1. The number of unbranched alkanes of at least 4 members (excludes halogenated alkanes) is 1. The number of hydrogen-bond donors (Lipinski definition) is 3. The molecule has 27 heavy (non-hydrogen) atoms. The molecule has 0 saturated carbocycles. The molecule has 1 saturated heterocycles. The van der Waals surface area contributed by atoms with Gasteiger partial charge in [0.05, 0.1) is 0 Å². The highest BCUT2D eigenvalue weighted by Gasteiger charge is 2.22. The monoisotopic (exact) mass is 495 g/mol. The lowest BCUT2D eigenvalue weighted by Gasteiger charge is -2.30. The van der Waals surface area contributed by atoms with Crippen molar-refractivity contribution in [2.24, 2.45) is 22.1 Å². The van der Waals surface area contributed by atoms with Gasteiger partial charge in [0.1, 0.15) is 0 Å². The average Bonchev–Trinajstić information content (AvgIpc) is 2.58. The number of hydrogen-bond acceptors (Lipinski definition) is 3. The van der Waals surface area contributed by atoms with Crippen LogP contribution >= 0.6 is 24.0 Å². The first-order chi connectivity index (χ1) is 12.2. The van der Waals surface area contributed by atoms with Crippen molar-refractivity contribution in [2.45, 2.75) is 72.3 Å². The van der Waals surface area contributed by atoms with Gasteiger partial charge in [-0.2, -0.15) is 0 Å². The number of halogens is 1. The second-order valence-electron chi connectivity index (χ2n) is 8.87. The van der Waals surface area contributed by atoms with Crippen LogP contribution in [0.25, 0.3) is 0 Å². The summed E-state index contributed by atoms with van der Waals surface area (Å²) in [6.45, 7) is 13.1. The van der Waals surface area contributed by atoms with Crippen LogP contribution in [-0.4, -0.2) is 56.0 Å². The van der Waals surface area contributed by atoms with Gasteiger partial charge in [-0.15, -0.1) is 24.0 Å².